The summed E-state index contributed by atoms with van der Waals surface area (Å²) in [6.45, 7) is 1.41. The molecule has 1 aliphatic rings. The Morgan fingerprint density at radius 2 is 2.06 bits per heavy atom. The van der Waals surface area contributed by atoms with E-state index in [4.69, 9.17) is 0 Å². The Morgan fingerprint density at radius 3 is 2.69 bits per heavy atom. The molecule has 2 heterocycles. The molecule has 4 nitrogen and oxygen atoms in total. The number of halogens is 1. The second-order valence-corrected chi connectivity index (χ2v) is 4.27. The van der Waals surface area contributed by atoms with Gasteiger partial charge in [0.15, 0.2) is 0 Å². The van der Waals surface area contributed by atoms with Crippen molar-refractivity contribution < 1.29 is 4.39 Å². The van der Waals surface area contributed by atoms with Crippen molar-refractivity contribution >= 4 is 11.8 Å². The van der Waals surface area contributed by atoms with E-state index in [9.17, 15) is 4.39 Å². The van der Waals surface area contributed by atoms with Gasteiger partial charge >= 0.3 is 0 Å². The van der Waals surface area contributed by atoms with E-state index >= 15 is 0 Å². The Kier molecular flexibility index (Phi) is 3.22. The number of hydrogen-bond donors (Lipinski definition) is 0. The maximum atomic E-state index is 13.0. The number of alkyl halides is 1. The molecule has 88 valence electrons. The summed E-state index contributed by atoms with van der Waals surface area (Å²) < 4.78 is 13.0. The lowest BCUT2D eigenvalue weighted by Crippen LogP contribution is -2.35. The zero-order chi connectivity index (χ0) is 11.5. The highest BCUT2D eigenvalue weighted by atomic mass is 19.1. The molecule has 16 heavy (non-hydrogen) atoms. The van der Waals surface area contributed by atoms with Crippen LogP contribution in [0.4, 0.5) is 16.2 Å². The third-order valence-electron chi connectivity index (χ3n) is 2.79. The first-order chi connectivity index (χ1) is 7.66. The summed E-state index contributed by atoms with van der Waals surface area (Å²) in [5.74, 6) is 1.59. The quantitative estimate of drug-likeness (QED) is 0.761. The predicted molar refractivity (Wildman–Crippen MR) is 62.7 cm³/mol. The van der Waals surface area contributed by atoms with Gasteiger partial charge < -0.3 is 9.80 Å². The first kappa shape index (κ1) is 11.1. The van der Waals surface area contributed by atoms with Gasteiger partial charge in [0.2, 0.25) is 5.95 Å². The summed E-state index contributed by atoms with van der Waals surface area (Å²) in [5, 5.41) is 0. The van der Waals surface area contributed by atoms with Crippen molar-refractivity contribution in [3.05, 3.63) is 12.3 Å². The lowest BCUT2D eigenvalue weighted by atomic mass is 10.1. The van der Waals surface area contributed by atoms with E-state index < -0.39 is 6.17 Å². The summed E-state index contributed by atoms with van der Waals surface area (Å²) in [5.41, 5.74) is 0. The van der Waals surface area contributed by atoms with Crippen molar-refractivity contribution in [1.82, 2.24) is 9.97 Å². The molecule has 0 spiro atoms. The predicted octanol–water partition coefficient (Wildman–Crippen LogP) is 1.48. The minimum atomic E-state index is -0.659. The van der Waals surface area contributed by atoms with Crippen LogP contribution in [-0.2, 0) is 0 Å². The largest absolute Gasteiger partial charge is 0.363 e. The fourth-order valence-corrected chi connectivity index (χ4v) is 1.79. The van der Waals surface area contributed by atoms with Gasteiger partial charge in [0.05, 0.1) is 0 Å². The topological polar surface area (TPSA) is 32.3 Å². The molecule has 0 N–H and O–H groups in total. The standard InChI is InChI=1S/C11H17FN4/c1-15(2)10-3-6-13-11(14-10)16-7-4-9(12)5-8-16/h3,6,9H,4-5,7-8H2,1-2H3. The van der Waals surface area contributed by atoms with Crippen LogP contribution in [0.5, 0.6) is 0 Å². The molecule has 1 aromatic rings. The van der Waals surface area contributed by atoms with Crippen molar-refractivity contribution in [3.63, 3.8) is 0 Å². The number of aromatic nitrogens is 2. The summed E-state index contributed by atoms with van der Waals surface area (Å²) in [7, 11) is 3.89. The molecule has 0 aromatic carbocycles. The summed E-state index contributed by atoms with van der Waals surface area (Å²) in [6.07, 6.45) is 2.25. The van der Waals surface area contributed by atoms with E-state index in [0.717, 1.165) is 5.82 Å². The summed E-state index contributed by atoms with van der Waals surface area (Å²) in [4.78, 5) is 12.7. The van der Waals surface area contributed by atoms with Gasteiger partial charge in [-0.2, -0.15) is 4.98 Å². The first-order valence-corrected chi connectivity index (χ1v) is 5.56. The van der Waals surface area contributed by atoms with Crippen LogP contribution < -0.4 is 9.80 Å². The van der Waals surface area contributed by atoms with Crippen LogP contribution in [0.2, 0.25) is 0 Å². The molecule has 0 bridgehead atoms. The maximum absolute atomic E-state index is 13.0. The molecule has 1 saturated heterocycles. The number of anilines is 2. The number of rotatable bonds is 2. The fraction of sp³-hybridized carbons (Fsp3) is 0.636. The number of nitrogens with zero attached hydrogens (tertiary/aromatic N) is 4. The van der Waals surface area contributed by atoms with E-state index in [1.165, 1.54) is 0 Å². The van der Waals surface area contributed by atoms with Gasteiger partial charge in [0, 0.05) is 33.4 Å². The molecule has 0 atom stereocenters. The van der Waals surface area contributed by atoms with E-state index in [1.807, 2.05) is 30.0 Å². The van der Waals surface area contributed by atoms with Crippen molar-refractivity contribution in [1.29, 1.82) is 0 Å². The van der Waals surface area contributed by atoms with Gasteiger partial charge in [-0.05, 0) is 18.9 Å². The zero-order valence-electron chi connectivity index (χ0n) is 9.73. The SMILES string of the molecule is CN(C)c1ccnc(N2CCC(F)CC2)n1. The highest BCUT2D eigenvalue weighted by Gasteiger charge is 2.20. The van der Waals surface area contributed by atoms with Crippen molar-refractivity contribution in [2.24, 2.45) is 0 Å². The van der Waals surface area contributed by atoms with Crippen LogP contribution in [0.1, 0.15) is 12.8 Å². The lowest BCUT2D eigenvalue weighted by molar-refractivity contribution is 0.276. The van der Waals surface area contributed by atoms with E-state index in [2.05, 4.69) is 9.97 Å². The molecular formula is C11H17FN4. The first-order valence-electron chi connectivity index (χ1n) is 5.56. The Hall–Kier alpha value is -1.39. The second-order valence-electron chi connectivity index (χ2n) is 4.27. The monoisotopic (exact) mass is 224 g/mol. The number of hydrogen-bond acceptors (Lipinski definition) is 4. The third-order valence-corrected chi connectivity index (χ3v) is 2.79. The average molecular weight is 224 g/mol. The third kappa shape index (κ3) is 2.40. The molecule has 5 heteroatoms. The van der Waals surface area contributed by atoms with Gasteiger partial charge in [-0.25, -0.2) is 9.37 Å². The van der Waals surface area contributed by atoms with Gasteiger partial charge in [0.25, 0.3) is 0 Å². The Labute approximate surface area is 95.1 Å². The normalized spacial score (nSPS) is 17.6. The molecule has 0 aliphatic carbocycles. The van der Waals surface area contributed by atoms with Crippen LogP contribution in [0, 0.1) is 0 Å². The zero-order valence-corrected chi connectivity index (χ0v) is 9.73. The molecule has 0 radical (unpaired) electrons. The van der Waals surface area contributed by atoms with Crippen LogP contribution in [0.3, 0.4) is 0 Å². The molecule has 1 fully saturated rings. The van der Waals surface area contributed by atoms with E-state index in [-0.39, 0.29) is 0 Å². The van der Waals surface area contributed by atoms with Crippen molar-refractivity contribution in [3.8, 4) is 0 Å². The van der Waals surface area contributed by atoms with E-state index in [0.29, 0.717) is 31.9 Å². The van der Waals surface area contributed by atoms with Gasteiger partial charge in [-0.3, -0.25) is 0 Å². The lowest BCUT2D eigenvalue weighted by Gasteiger charge is -2.29. The number of piperidine rings is 1. The smallest absolute Gasteiger partial charge is 0.227 e. The minimum absolute atomic E-state index is 0.579. The minimum Gasteiger partial charge on any atom is -0.363 e. The van der Waals surface area contributed by atoms with Crippen LogP contribution in [-0.4, -0.2) is 43.3 Å². The molecule has 2 rings (SSSR count). The Morgan fingerprint density at radius 1 is 1.38 bits per heavy atom. The van der Waals surface area contributed by atoms with Crippen molar-refractivity contribution in [2.45, 2.75) is 19.0 Å². The van der Waals surface area contributed by atoms with Gasteiger partial charge in [-0.1, -0.05) is 0 Å². The molecule has 0 saturated carbocycles. The average Bonchev–Trinajstić information content (AvgIpc) is 2.30. The highest BCUT2D eigenvalue weighted by molar-refractivity contribution is 5.42. The molecule has 1 aliphatic heterocycles. The van der Waals surface area contributed by atoms with Crippen LogP contribution in [0.25, 0.3) is 0 Å². The van der Waals surface area contributed by atoms with Gasteiger partial charge in [0.1, 0.15) is 12.0 Å². The molecule has 0 unspecified atom stereocenters. The van der Waals surface area contributed by atoms with Crippen LogP contribution in [0.15, 0.2) is 12.3 Å². The highest BCUT2D eigenvalue weighted by Crippen LogP contribution is 2.19. The maximum Gasteiger partial charge on any atom is 0.227 e. The second kappa shape index (κ2) is 4.63. The Bertz CT molecular complexity index is 348. The fourth-order valence-electron chi connectivity index (χ4n) is 1.79. The molecule has 1 aromatic heterocycles. The van der Waals surface area contributed by atoms with Gasteiger partial charge in [-0.15, -0.1) is 0 Å². The van der Waals surface area contributed by atoms with E-state index in [1.54, 1.807) is 6.20 Å². The Balaban J connectivity index is 2.11. The van der Waals surface area contributed by atoms with Crippen molar-refractivity contribution in [2.75, 3.05) is 37.0 Å². The molecular weight excluding hydrogens is 207 g/mol. The summed E-state index contributed by atoms with van der Waals surface area (Å²) in [6, 6.07) is 1.87. The summed E-state index contributed by atoms with van der Waals surface area (Å²) >= 11 is 0. The van der Waals surface area contributed by atoms with Crippen LogP contribution >= 0.6 is 0 Å². The molecule has 0 amide bonds.